The molecule has 0 aliphatic heterocycles. The Hall–Kier alpha value is -4.18. The van der Waals surface area contributed by atoms with Gasteiger partial charge in [0.05, 0.1) is 18.1 Å². The van der Waals surface area contributed by atoms with E-state index in [1.54, 1.807) is 31.2 Å². The van der Waals surface area contributed by atoms with Crippen molar-refractivity contribution in [3.63, 3.8) is 0 Å². The molecular formula is C28H28N2O7S. The molecule has 0 radical (unpaired) electrons. The number of phenolic OH excluding ortho intramolecular Hbond substituents is 1. The highest BCUT2D eigenvalue weighted by Gasteiger charge is 2.26. The van der Waals surface area contributed by atoms with Gasteiger partial charge < -0.3 is 24.3 Å². The number of esters is 1. The molecule has 0 fully saturated rings. The summed E-state index contributed by atoms with van der Waals surface area (Å²) in [7, 11) is 1.25. The van der Waals surface area contributed by atoms with Crippen molar-refractivity contribution < 1.29 is 28.6 Å². The fourth-order valence-corrected chi connectivity index (χ4v) is 4.75. The number of fused-ring (bicyclic) bond motifs is 1. The van der Waals surface area contributed by atoms with Crippen molar-refractivity contribution in [2.75, 3.05) is 7.11 Å². The number of methoxy groups -OCH3 is 1. The number of amides is 1. The third kappa shape index (κ3) is 5.86. The van der Waals surface area contributed by atoms with Crippen molar-refractivity contribution in [2.45, 2.75) is 45.8 Å². The van der Waals surface area contributed by atoms with Crippen LogP contribution in [-0.2, 0) is 27.2 Å². The van der Waals surface area contributed by atoms with Crippen LogP contribution in [0.4, 0.5) is 0 Å². The molecule has 0 saturated carbocycles. The molecule has 9 nitrogen and oxygen atoms in total. The fourth-order valence-electron chi connectivity index (χ4n) is 3.95. The summed E-state index contributed by atoms with van der Waals surface area (Å²) in [5, 5.41) is 15.0. The average molecular weight is 537 g/mol. The first-order chi connectivity index (χ1) is 18.2. The molecule has 4 aromatic rings. The van der Waals surface area contributed by atoms with Gasteiger partial charge in [-0.05, 0) is 49.6 Å². The number of nitrogens with zero attached hydrogens (tertiary/aromatic N) is 1. The maximum absolute atomic E-state index is 13.2. The molecule has 198 valence electrons. The molecule has 0 bridgehead atoms. The molecule has 2 heterocycles. The Morgan fingerprint density at radius 3 is 2.58 bits per heavy atom. The van der Waals surface area contributed by atoms with Gasteiger partial charge in [-0.1, -0.05) is 19.1 Å². The van der Waals surface area contributed by atoms with Gasteiger partial charge in [0.15, 0.2) is 6.10 Å². The van der Waals surface area contributed by atoms with Crippen molar-refractivity contribution in [2.24, 2.45) is 0 Å². The molecule has 0 spiro atoms. The molecular weight excluding hydrogens is 508 g/mol. The summed E-state index contributed by atoms with van der Waals surface area (Å²) in [4.78, 5) is 42.9. The molecule has 2 aromatic carbocycles. The van der Waals surface area contributed by atoms with Crippen LogP contribution < -0.4 is 15.5 Å². The van der Waals surface area contributed by atoms with Crippen molar-refractivity contribution in [3.05, 3.63) is 75.1 Å². The largest absolute Gasteiger partial charge is 0.508 e. The molecule has 10 heteroatoms. The molecule has 1 unspecified atom stereocenters. The van der Waals surface area contributed by atoms with Crippen LogP contribution >= 0.6 is 11.3 Å². The van der Waals surface area contributed by atoms with E-state index in [2.05, 4.69) is 10.3 Å². The van der Waals surface area contributed by atoms with Crippen LogP contribution in [0.25, 0.3) is 21.5 Å². The molecule has 2 atom stereocenters. The van der Waals surface area contributed by atoms with Crippen LogP contribution in [0.5, 0.6) is 11.5 Å². The lowest BCUT2D eigenvalue weighted by Gasteiger charge is -2.21. The van der Waals surface area contributed by atoms with E-state index in [0.717, 1.165) is 16.8 Å². The van der Waals surface area contributed by atoms with E-state index in [-0.39, 0.29) is 17.6 Å². The predicted octanol–water partition coefficient (Wildman–Crippen LogP) is 4.16. The number of ether oxygens (including phenoxy) is 2. The normalized spacial score (nSPS) is 12.6. The van der Waals surface area contributed by atoms with E-state index in [0.29, 0.717) is 33.7 Å². The molecule has 0 aliphatic carbocycles. The number of hydrogen-bond donors (Lipinski definition) is 2. The minimum absolute atomic E-state index is 0.0990. The molecule has 0 saturated heterocycles. The third-order valence-electron chi connectivity index (χ3n) is 6.04. The average Bonchev–Trinajstić information content (AvgIpc) is 3.34. The summed E-state index contributed by atoms with van der Waals surface area (Å²) in [5.41, 5.74) is 2.81. The van der Waals surface area contributed by atoms with Crippen LogP contribution in [0.15, 0.2) is 57.3 Å². The summed E-state index contributed by atoms with van der Waals surface area (Å²) >= 11 is 1.38. The zero-order valence-electron chi connectivity index (χ0n) is 21.4. The minimum Gasteiger partial charge on any atom is -0.508 e. The second-order valence-corrected chi connectivity index (χ2v) is 9.66. The van der Waals surface area contributed by atoms with Gasteiger partial charge in [0.1, 0.15) is 34.4 Å². The standard InChI is InChI=1S/C28H28N2O7S/c1-5-18-11-20-24(36-13-21(25(20)32)27-29-15(2)14-38-27)12-23(18)37-16(3)26(33)30-22(28(34)35-4)10-17-6-8-19(31)9-7-17/h6-9,11-14,16,22,31H,5,10H2,1-4H3,(H,30,33)/t16?,22-/m1/s1. The zero-order valence-corrected chi connectivity index (χ0v) is 22.3. The van der Waals surface area contributed by atoms with Crippen molar-refractivity contribution in [1.29, 1.82) is 0 Å². The highest BCUT2D eigenvalue weighted by atomic mass is 32.1. The van der Waals surface area contributed by atoms with E-state index in [1.165, 1.54) is 36.8 Å². The second-order valence-electron chi connectivity index (χ2n) is 8.80. The van der Waals surface area contributed by atoms with Gasteiger partial charge in [0, 0.05) is 23.6 Å². The molecule has 1 amide bonds. The number of thiazole rings is 1. The van der Waals surface area contributed by atoms with Crippen molar-refractivity contribution in [1.82, 2.24) is 10.3 Å². The lowest BCUT2D eigenvalue weighted by atomic mass is 10.1. The molecule has 4 rings (SSSR count). The van der Waals surface area contributed by atoms with E-state index in [1.807, 2.05) is 19.2 Å². The highest BCUT2D eigenvalue weighted by Crippen LogP contribution is 2.29. The van der Waals surface area contributed by atoms with Gasteiger partial charge in [-0.3, -0.25) is 9.59 Å². The van der Waals surface area contributed by atoms with Crippen molar-refractivity contribution >= 4 is 34.2 Å². The Morgan fingerprint density at radius 2 is 1.95 bits per heavy atom. The Labute approximate surface area is 223 Å². The van der Waals surface area contributed by atoms with Gasteiger partial charge >= 0.3 is 5.97 Å². The first-order valence-corrected chi connectivity index (χ1v) is 12.9. The molecule has 0 aliphatic rings. The van der Waals surface area contributed by atoms with E-state index in [4.69, 9.17) is 13.9 Å². The number of hydrogen-bond acceptors (Lipinski definition) is 9. The van der Waals surface area contributed by atoms with Gasteiger partial charge in [0.25, 0.3) is 5.91 Å². The molecule has 2 aromatic heterocycles. The van der Waals surface area contributed by atoms with Crippen LogP contribution in [0.1, 0.15) is 30.7 Å². The number of carbonyl (C=O) groups excluding carboxylic acids is 2. The molecule has 38 heavy (non-hydrogen) atoms. The number of nitrogens with one attached hydrogen (secondary N) is 1. The Bertz CT molecular complexity index is 1520. The molecule has 2 N–H and O–H groups in total. The van der Waals surface area contributed by atoms with E-state index in [9.17, 15) is 19.5 Å². The summed E-state index contributed by atoms with van der Waals surface area (Å²) in [6.07, 6.45) is 1.14. The van der Waals surface area contributed by atoms with Crippen LogP contribution in [-0.4, -0.2) is 41.2 Å². The first-order valence-electron chi connectivity index (χ1n) is 12.0. The van der Waals surface area contributed by atoms with Gasteiger partial charge in [-0.25, -0.2) is 9.78 Å². The quantitative estimate of drug-likeness (QED) is 0.305. The summed E-state index contributed by atoms with van der Waals surface area (Å²) in [5.74, 6) is -0.623. The topological polar surface area (TPSA) is 128 Å². The number of rotatable bonds is 9. The van der Waals surface area contributed by atoms with Crippen LogP contribution in [0.3, 0.4) is 0 Å². The Balaban J connectivity index is 1.55. The number of benzene rings is 2. The number of phenols is 1. The third-order valence-corrected chi connectivity index (χ3v) is 7.03. The first kappa shape index (κ1) is 26.9. The van der Waals surface area contributed by atoms with Crippen LogP contribution in [0.2, 0.25) is 0 Å². The predicted molar refractivity (Wildman–Crippen MR) is 144 cm³/mol. The second kappa shape index (κ2) is 11.5. The van der Waals surface area contributed by atoms with Gasteiger partial charge in [0.2, 0.25) is 5.43 Å². The van der Waals surface area contributed by atoms with Gasteiger partial charge in [-0.2, -0.15) is 0 Å². The number of carbonyl (C=O) groups is 2. The SMILES string of the molecule is CCc1cc2c(=O)c(-c3nc(C)cs3)coc2cc1OC(C)C(=O)N[C@H](Cc1ccc(O)cc1)C(=O)OC. The summed E-state index contributed by atoms with van der Waals surface area (Å²) in [6, 6.07) is 8.70. The maximum atomic E-state index is 13.2. The van der Waals surface area contributed by atoms with Gasteiger partial charge in [-0.15, -0.1) is 11.3 Å². The zero-order chi connectivity index (χ0) is 27.4. The monoisotopic (exact) mass is 536 g/mol. The smallest absolute Gasteiger partial charge is 0.328 e. The van der Waals surface area contributed by atoms with Crippen LogP contribution in [0, 0.1) is 6.92 Å². The fraction of sp³-hybridized carbons (Fsp3) is 0.286. The van der Waals surface area contributed by atoms with E-state index < -0.39 is 24.0 Å². The summed E-state index contributed by atoms with van der Waals surface area (Å²) in [6.45, 7) is 5.34. The lowest BCUT2D eigenvalue weighted by Crippen LogP contribution is -2.47. The maximum Gasteiger partial charge on any atom is 0.328 e. The number of aryl methyl sites for hydroxylation is 2. The van der Waals surface area contributed by atoms with E-state index >= 15 is 0 Å². The Kier molecular flexibility index (Phi) is 8.11. The summed E-state index contributed by atoms with van der Waals surface area (Å²) < 4.78 is 16.6. The minimum atomic E-state index is -0.964. The lowest BCUT2D eigenvalue weighted by molar-refractivity contribution is -0.145. The number of aromatic hydroxyl groups is 1. The van der Waals surface area contributed by atoms with Crippen molar-refractivity contribution in [3.8, 4) is 22.1 Å². The number of aromatic nitrogens is 1. The highest BCUT2D eigenvalue weighted by molar-refractivity contribution is 7.13. The Morgan fingerprint density at radius 1 is 1.21 bits per heavy atom.